The van der Waals surface area contributed by atoms with E-state index in [2.05, 4.69) is 0 Å². The summed E-state index contributed by atoms with van der Waals surface area (Å²) in [6.07, 6.45) is 3.08. The number of thioether (sulfide) groups is 1. The lowest BCUT2D eigenvalue weighted by molar-refractivity contribution is -0.122. The summed E-state index contributed by atoms with van der Waals surface area (Å²) in [6.45, 7) is 1.37. The molecule has 1 heterocycles. The van der Waals surface area contributed by atoms with Crippen molar-refractivity contribution in [3.63, 3.8) is 0 Å². The molecule has 4 N–H and O–H groups in total. The van der Waals surface area contributed by atoms with Crippen molar-refractivity contribution < 1.29 is 14.3 Å². The molecule has 5 nitrogen and oxygen atoms in total. The summed E-state index contributed by atoms with van der Waals surface area (Å²) in [4.78, 5) is 12.5. The molecule has 0 saturated heterocycles. The minimum Gasteiger partial charge on any atom is -0.490 e. The third-order valence-corrected chi connectivity index (χ3v) is 5.28. The van der Waals surface area contributed by atoms with Gasteiger partial charge in [0.2, 0.25) is 5.91 Å². The van der Waals surface area contributed by atoms with Crippen LogP contribution in [0.15, 0.2) is 23.1 Å². The minimum atomic E-state index is -0.844. The number of carbonyl (C=O) groups excluding carboxylic acids is 1. The Morgan fingerprint density at radius 1 is 1.29 bits per heavy atom. The molecular weight excluding hydrogens is 288 g/mol. The number of ether oxygens (including phenoxy) is 2. The maximum absolute atomic E-state index is 11.4. The molecule has 3 rings (SSSR count). The standard InChI is InChI=1S/C15H20N2O3S/c16-14(18)15(17)5-4-11(9-15)21-10-2-3-12-13(8-10)20-7-1-6-19-12/h2-3,8,11H,1,4-7,9,17H2,(H2,16,18). The molecule has 0 bridgehead atoms. The Morgan fingerprint density at radius 2 is 2.05 bits per heavy atom. The minimum absolute atomic E-state index is 0.312. The van der Waals surface area contributed by atoms with E-state index in [0.29, 0.717) is 31.3 Å². The molecule has 2 unspecified atom stereocenters. The fourth-order valence-corrected chi connectivity index (χ4v) is 4.09. The summed E-state index contributed by atoms with van der Waals surface area (Å²) in [7, 11) is 0. The molecule has 1 amide bonds. The van der Waals surface area contributed by atoms with E-state index in [0.717, 1.165) is 29.2 Å². The number of hydrogen-bond donors (Lipinski definition) is 2. The van der Waals surface area contributed by atoms with Crippen LogP contribution in [0.5, 0.6) is 11.5 Å². The SMILES string of the molecule is NC(=O)C1(N)CCC(Sc2ccc3c(c2)OCCCO3)C1. The van der Waals surface area contributed by atoms with Gasteiger partial charge in [-0.2, -0.15) is 0 Å². The van der Waals surface area contributed by atoms with Gasteiger partial charge in [0.15, 0.2) is 11.5 Å². The summed E-state index contributed by atoms with van der Waals surface area (Å²) >= 11 is 1.73. The predicted octanol–water partition coefficient (Wildman–Crippen LogP) is 1.68. The second-order valence-corrected chi connectivity index (χ2v) is 7.04. The molecule has 1 fully saturated rings. The smallest absolute Gasteiger partial charge is 0.237 e. The van der Waals surface area contributed by atoms with Crippen LogP contribution in [0.2, 0.25) is 0 Å². The van der Waals surface area contributed by atoms with E-state index in [-0.39, 0.29) is 0 Å². The number of primary amides is 1. The maximum Gasteiger partial charge on any atom is 0.237 e. The van der Waals surface area contributed by atoms with Crippen LogP contribution in [-0.2, 0) is 4.79 Å². The lowest BCUT2D eigenvalue weighted by Gasteiger charge is -2.19. The molecule has 1 aliphatic carbocycles. The first-order valence-corrected chi connectivity index (χ1v) is 8.10. The topological polar surface area (TPSA) is 87.6 Å². The highest BCUT2D eigenvalue weighted by atomic mass is 32.2. The van der Waals surface area contributed by atoms with E-state index in [4.69, 9.17) is 20.9 Å². The van der Waals surface area contributed by atoms with Crippen molar-refractivity contribution in [2.45, 2.75) is 41.4 Å². The highest BCUT2D eigenvalue weighted by molar-refractivity contribution is 8.00. The zero-order valence-electron chi connectivity index (χ0n) is 11.8. The average molecular weight is 308 g/mol. The number of benzene rings is 1. The molecule has 0 spiro atoms. The first-order valence-electron chi connectivity index (χ1n) is 7.22. The van der Waals surface area contributed by atoms with E-state index in [1.54, 1.807) is 11.8 Å². The molecule has 2 aliphatic rings. The van der Waals surface area contributed by atoms with E-state index >= 15 is 0 Å². The van der Waals surface area contributed by atoms with Crippen molar-refractivity contribution in [3.05, 3.63) is 18.2 Å². The fraction of sp³-hybridized carbons (Fsp3) is 0.533. The van der Waals surface area contributed by atoms with Crippen molar-refractivity contribution in [3.8, 4) is 11.5 Å². The van der Waals surface area contributed by atoms with Crippen LogP contribution >= 0.6 is 11.8 Å². The van der Waals surface area contributed by atoms with Crippen molar-refractivity contribution in [1.29, 1.82) is 0 Å². The summed E-state index contributed by atoms with van der Waals surface area (Å²) in [5.41, 5.74) is 10.6. The van der Waals surface area contributed by atoms with Gasteiger partial charge in [-0.25, -0.2) is 0 Å². The highest BCUT2D eigenvalue weighted by Crippen LogP contribution is 2.41. The van der Waals surface area contributed by atoms with Gasteiger partial charge < -0.3 is 20.9 Å². The van der Waals surface area contributed by atoms with Gasteiger partial charge >= 0.3 is 0 Å². The van der Waals surface area contributed by atoms with E-state index in [1.165, 1.54) is 0 Å². The van der Waals surface area contributed by atoms with Gasteiger partial charge in [0.05, 0.1) is 18.8 Å². The van der Waals surface area contributed by atoms with Gasteiger partial charge in [0, 0.05) is 16.6 Å². The Labute approximate surface area is 128 Å². The molecule has 1 saturated carbocycles. The van der Waals surface area contributed by atoms with Crippen LogP contribution in [0.25, 0.3) is 0 Å². The van der Waals surface area contributed by atoms with Gasteiger partial charge in [0.25, 0.3) is 0 Å². The summed E-state index contributed by atoms with van der Waals surface area (Å²) in [5, 5.41) is 0.312. The highest BCUT2D eigenvalue weighted by Gasteiger charge is 2.40. The van der Waals surface area contributed by atoms with Gasteiger partial charge in [-0.1, -0.05) is 0 Å². The molecule has 2 atom stereocenters. The molecule has 0 aromatic heterocycles. The Bertz CT molecular complexity index is 552. The predicted molar refractivity (Wildman–Crippen MR) is 81.7 cm³/mol. The monoisotopic (exact) mass is 308 g/mol. The normalized spacial score (nSPS) is 28.1. The lowest BCUT2D eigenvalue weighted by Crippen LogP contribution is -2.50. The number of fused-ring (bicyclic) bond motifs is 1. The summed E-state index contributed by atoms with van der Waals surface area (Å²) in [5.74, 6) is 1.20. The van der Waals surface area contributed by atoms with Crippen LogP contribution < -0.4 is 20.9 Å². The van der Waals surface area contributed by atoms with Gasteiger partial charge in [-0.3, -0.25) is 4.79 Å². The quantitative estimate of drug-likeness (QED) is 0.887. The number of rotatable bonds is 3. The number of nitrogens with two attached hydrogens (primary N) is 2. The van der Waals surface area contributed by atoms with Gasteiger partial charge in [-0.05, 0) is 37.5 Å². The number of amides is 1. The van der Waals surface area contributed by atoms with Crippen LogP contribution in [0.4, 0.5) is 0 Å². The molecular formula is C15H20N2O3S. The molecule has 114 valence electrons. The lowest BCUT2D eigenvalue weighted by atomic mass is 9.99. The van der Waals surface area contributed by atoms with Crippen molar-refractivity contribution in [2.24, 2.45) is 11.5 Å². The summed E-state index contributed by atoms with van der Waals surface area (Å²) < 4.78 is 11.3. The second-order valence-electron chi connectivity index (χ2n) is 5.66. The average Bonchev–Trinajstić information content (AvgIpc) is 2.70. The van der Waals surface area contributed by atoms with E-state index in [1.807, 2.05) is 18.2 Å². The Kier molecular flexibility index (Phi) is 3.99. The maximum atomic E-state index is 11.4. The molecule has 6 heteroatoms. The Morgan fingerprint density at radius 3 is 2.76 bits per heavy atom. The van der Waals surface area contributed by atoms with Crippen molar-refractivity contribution >= 4 is 17.7 Å². The Balaban J connectivity index is 1.69. The van der Waals surface area contributed by atoms with E-state index < -0.39 is 11.4 Å². The fourth-order valence-electron chi connectivity index (χ4n) is 2.76. The second kappa shape index (κ2) is 5.77. The largest absolute Gasteiger partial charge is 0.490 e. The zero-order valence-corrected chi connectivity index (χ0v) is 12.7. The van der Waals surface area contributed by atoms with Gasteiger partial charge in [0.1, 0.15) is 0 Å². The number of hydrogen-bond acceptors (Lipinski definition) is 5. The first kappa shape index (κ1) is 14.5. The summed E-state index contributed by atoms with van der Waals surface area (Å²) in [6, 6.07) is 5.98. The van der Waals surface area contributed by atoms with Crippen LogP contribution in [0.1, 0.15) is 25.7 Å². The number of carbonyl (C=O) groups is 1. The van der Waals surface area contributed by atoms with Crippen molar-refractivity contribution in [2.75, 3.05) is 13.2 Å². The third kappa shape index (κ3) is 3.11. The molecule has 1 aliphatic heterocycles. The van der Waals surface area contributed by atoms with Crippen LogP contribution in [0, 0.1) is 0 Å². The first-order chi connectivity index (χ1) is 10.1. The van der Waals surface area contributed by atoms with E-state index in [9.17, 15) is 4.79 Å². The van der Waals surface area contributed by atoms with Crippen LogP contribution in [0.3, 0.4) is 0 Å². The van der Waals surface area contributed by atoms with Crippen molar-refractivity contribution in [1.82, 2.24) is 0 Å². The van der Waals surface area contributed by atoms with Crippen LogP contribution in [-0.4, -0.2) is 29.9 Å². The Hall–Kier alpha value is -1.40. The molecule has 0 radical (unpaired) electrons. The third-order valence-electron chi connectivity index (χ3n) is 4.02. The van der Waals surface area contributed by atoms with Gasteiger partial charge in [-0.15, -0.1) is 11.8 Å². The molecule has 1 aromatic carbocycles. The molecule has 21 heavy (non-hydrogen) atoms. The zero-order chi connectivity index (χ0) is 14.9. The molecule has 1 aromatic rings.